The van der Waals surface area contributed by atoms with E-state index in [4.69, 9.17) is 23.4 Å². The summed E-state index contributed by atoms with van der Waals surface area (Å²) in [6.07, 6.45) is 2.92. The van der Waals surface area contributed by atoms with Crippen LogP contribution >= 0.6 is 0 Å². The first kappa shape index (κ1) is 35.4. The van der Waals surface area contributed by atoms with E-state index in [1.54, 1.807) is 12.1 Å². The van der Waals surface area contributed by atoms with E-state index in [0.717, 1.165) is 21.9 Å². The highest BCUT2D eigenvalue weighted by Gasteiger charge is 2.41. The van der Waals surface area contributed by atoms with Crippen molar-refractivity contribution in [1.29, 1.82) is 0 Å². The Bertz CT molecular complexity index is 2150. The van der Waals surface area contributed by atoms with Gasteiger partial charge in [0.2, 0.25) is 18.5 Å². The summed E-state index contributed by atoms with van der Waals surface area (Å²) in [4.78, 5) is 59.8. The number of rotatable bonds is 14. The van der Waals surface area contributed by atoms with Crippen LogP contribution < -0.4 is 9.47 Å². The molecule has 272 valence electrons. The summed E-state index contributed by atoms with van der Waals surface area (Å²) in [7, 11) is 0. The maximum atomic E-state index is 14.5. The second kappa shape index (κ2) is 15.7. The molecule has 4 atom stereocenters. The molecule has 1 N–H and O–H groups in total. The van der Waals surface area contributed by atoms with Crippen molar-refractivity contribution >= 4 is 51.6 Å². The Hall–Kier alpha value is -6.01. The highest BCUT2D eigenvalue weighted by atomic mass is 16.7. The minimum atomic E-state index is -1.84. The molecule has 3 heterocycles. The number of para-hydroxylation sites is 2. The fraction of sp³-hybridized carbons (Fsp3) is 0.293. The predicted octanol–water partition coefficient (Wildman–Crippen LogP) is 6.31. The molecule has 0 saturated carbocycles. The largest absolute Gasteiger partial charge is 0.481 e. The standard InChI is InChI=1S/C41H38N2O10/c1-25(31(29-15-16-35-36(20-29)51-24-50-35)9-6-12-37-42-33-10-4-5-11-34(33)53-37)43(22-26-13-14-27-7-2-3-8-28(27)19-26)40(47)39(46)32(21-38(44)45)41(48)52-30-17-18-49-23-30/h2-8,10-16,19-20,25,30-32H,9,17-18,21-24H2,1H3,(H,44,45)/t25-,30?,31+,32?/m1/s1. The summed E-state index contributed by atoms with van der Waals surface area (Å²) in [6, 6.07) is 25.8. The number of aliphatic carboxylic acids is 1. The molecular formula is C41H38N2O10. The fourth-order valence-corrected chi connectivity index (χ4v) is 6.78. The zero-order valence-electron chi connectivity index (χ0n) is 29.0. The van der Waals surface area contributed by atoms with Crippen molar-refractivity contribution < 1.29 is 47.6 Å². The SMILES string of the molecule is C[C@H]([C@H](CC=Cc1nc2ccccc2o1)c1ccc2c(c1)OCO2)N(Cc1ccc2ccccc2c1)C(=O)C(=O)C(CC(=O)O)C(=O)OC1CCOC1. The number of fused-ring (bicyclic) bond motifs is 3. The van der Waals surface area contributed by atoms with Crippen molar-refractivity contribution in [2.45, 2.75) is 50.8 Å². The van der Waals surface area contributed by atoms with Gasteiger partial charge in [-0.15, -0.1) is 0 Å². The van der Waals surface area contributed by atoms with Crippen LogP contribution in [0, 0.1) is 5.92 Å². The molecule has 12 heteroatoms. The maximum absolute atomic E-state index is 14.5. The number of carboxylic acid groups (broad SMARTS) is 1. The van der Waals surface area contributed by atoms with Gasteiger partial charge in [0.25, 0.3) is 5.91 Å². The Balaban J connectivity index is 1.24. The van der Waals surface area contributed by atoms with E-state index >= 15 is 0 Å². The number of allylic oxidation sites excluding steroid dienone is 1. The van der Waals surface area contributed by atoms with E-state index < -0.39 is 54.0 Å². The van der Waals surface area contributed by atoms with Crippen molar-refractivity contribution in [3.05, 3.63) is 108 Å². The summed E-state index contributed by atoms with van der Waals surface area (Å²) in [5.41, 5.74) is 2.90. The number of aromatic nitrogens is 1. The number of ketones is 1. The van der Waals surface area contributed by atoms with E-state index in [1.165, 1.54) is 4.90 Å². The number of ether oxygens (including phenoxy) is 4. The number of hydrogen-bond acceptors (Lipinski definition) is 10. The van der Waals surface area contributed by atoms with Crippen LogP contribution in [-0.2, 0) is 35.2 Å². The number of hydrogen-bond donors (Lipinski definition) is 1. The highest BCUT2D eigenvalue weighted by Crippen LogP contribution is 2.38. The number of esters is 1. The minimum Gasteiger partial charge on any atom is -0.481 e. The molecule has 2 aliphatic rings. The molecule has 1 saturated heterocycles. The molecule has 5 aromatic rings. The van der Waals surface area contributed by atoms with Crippen LogP contribution in [0.2, 0.25) is 0 Å². The average Bonchev–Trinajstić information content (AvgIpc) is 3.95. The molecule has 0 aliphatic carbocycles. The van der Waals surface area contributed by atoms with E-state index in [-0.39, 0.29) is 19.9 Å². The van der Waals surface area contributed by atoms with Gasteiger partial charge in [-0.1, -0.05) is 60.7 Å². The smallest absolute Gasteiger partial charge is 0.318 e. The second-order valence-corrected chi connectivity index (χ2v) is 13.2. The lowest BCUT2D eigenvalue weighted by molar-refractivity contribution is -0.164. The topological polar surface area (TPSA) is 155 Å². The third-order valence-corrected chi connectivity index (χ3v) is 9.65. The van der Waals surface area contributed by atoms with Gasteiger partial charge in [0.05, 0.1) is 19.6 Å². The normalized spacial score (nSPS) is 16.8. The maximum Gasteiger partial charge on any atom is 0.318 e. The number of oxazole rings is 1. The lowest BCUT2D eigenvalue weighted by Gasteiger charge is -2.35. The van der Waals surface area contributed by atoms with Gasteiger partial charge in [0.15, 0.2) is 17.1 Å². The highest BCUT2D eigenvalue weighted by molar-refractivity contribution is 6.40. The first-order valence-electron chi connectivity index (χ1n) is 17.5. The number of Topliss-reactive ketones (excluding diaryl/α,β-unsaturated/α-hetero) is 1. The number of carbonyl (C=O) groups is 4. The molecule has 0 radical (unpaired) electrons. The Morgan fingerprint density at radius 1 is 0.962 bits per heavy atom. The molecule has 0 spiro atoms. The van der Waals surface area contributed by atoms with Gasteiger partial charge in [-0.2, -0.15) is 0 Å². The molecule has 7 rings (SSSR count). The van der Waals surface area contributed by atoms with Gasteiger partial charge in [0.1, 0.15) is 17.5 Å². The lowest BCUT2D eigenvalue weighted by atomic mass is 9.87. The van der Waals surface area contributed by atoms with Gasteiger partial charge in [-0.25, -0.2) is 4.98 Å². The Kier molecular flexibility index (Phi) is 10.5. The van der Waals surface area contributed by atoms with Gasteiger partial charge < -0.3 is 33.4 Å². The van der Waals surface area contributed by atoms with Crippen molar-refractivity contribution in [3.8, 4) is 11.5 Å². The molecular weight excluding hydrogens is 680 g/mol. The first-order valence-corrected chi connectivity index (χ1v) is 17.5. The molecule has 4 aromatic carbocycles. The minimum absolute atomic E-state index is 0.00221. The summed E-state index contributed by atoms with van der Waals surface area (Å²) in [6.45, 7) is 2.40. The van der Waals surface area contributed by atoms with E-state index in [2.05, 4.69) is 4.98 Å². The number of nitrogens with zero attached hydrogens (tertiary/aromatic N) is 2. The molecule has 0 bridgehead atoms. The number of benzene rings is 4. The van der Waals surface area contributed by atoms with E-state index in [0.29, 0.717) is 47.9 Å². The third kappa shape index (κ3) is 8.07. The summed E-state index contributed by atoms with van der Waals surface area (Å²) < 4.78 is 27.9. The molecule has 2 aliphatic heterocycles. The number of amides is 1. The van der Waals surface area contributed by atoms with Crippen LogP contribution in [0.3, 0.4) is 0 Å². The van der Waals surface area contributed by atoms with Crippen molar-refractivity contribution in [1.82, 2.24) is 9.88 Å². The van der Waals surface area contributed by atoms with Crippen molar-refractivity contribution in [2.75, 3.05) is 20.0 Å². The van der Waals surface area contributed by atoms with Crippen LogP contribution in [0.5, 0.6) is 11.5 Å². The molecule has 2 unspecified atom stereocenters. The van der Waals surface area contributed by atoms with Gasteiger partial charge >= 0.3 is 11.9 Å². The Morgan fingerprint density at radius 3 is 2.55 bits per heavy atom. The zero-order chi connectivity index (χ0) is 36.9. The quantitative estimate of drug-likeness (QED) is 0.0781. The monoisotopic (exact) mass is 718 g/mol. The van der Waals surface area contributed by atoms with Crippen LogP contribution in [-0.4, -0.2) is 70.8 Å². The fourth-order valence-electron chi connectivity index (χ4n) is 6.78. The molecule has 12 nitrogen and oxygen atoms in total. The van der Waals surface area contributed by atoms with E-state index in [9.17, 15) is 24.3 Å². The van der Waals surface area contributed by atoms with Crippen LogP contribution in [0.25, 0.3) is 27.9 Å². The van der Waals surface area contributed by atoms with Crippen LogP contribution in [0.15, 0.2) is 95.4 Å². The van der Waals surface area contributed by atoms with Crippen molar-refractivity contribution in [3.63, 3.8) is 0 Å². The summed E-state index contributed by atoms with van der Waals surface area (Å²) in [5, 5.41) is 11.6. The molecule has 1 aromatic heterocycles. The van der Waals surface area contributed by atoms with Gasteiger partial charge in [0, 0.05) is 24.9 Å². The van der Waals surface area contributed by atoms with Crippen molar-refractivity contribution in [2.24, 2.45) is 5.92 Å². The molecule has 53 heavy (non-hydrogen) atoms. The average molecular weight is 719 g/mol. The third-order valence-electron chi connectivity index (χ3n) is 9.65. The van der Waals surface area contributed by atoms with Gasteiger partial charge in [-0.3, -0.25) is 19.2 Å². The van der Waals surface area contributed by atoms with Crippen LogP contribution in [0.1, 0.15) is 49.1 Å². The van der Waals surface area contributed by atoms with Gasteiger partial charge in [-0.05, 0) is 71.7 Å². The predicted molar refractivity (Wildman–Crippen MR) is 193 cm³/mol. The summed E-state index contributed by atoms with van der Waals surface area (Å²) in [5.74, 6) is -5.35. The number of carbonyl (C=O) groups excluding carboxylic acids is 3. The van der Waals surface area contributed by atoms with Crippen LogP contribution in [0.4, 0.5) is 0 Å². The number of carboxylic acids is 1. The Labute approximate surface area is 304 Å². The molecule has 1 amide bonds. The second-order valence-electron chi connectivity index (χ2n) is 13.2. The van der Waals surface area contributed by atoms with E-state index in [1.807, 2.05) is 91.9 Å². The first-order chi connectivity index (χ1) is 25.7. The summed E-state index contributed by atoms with van der Waals surface area (Å²) >= 11 is 0. The zero-order valence-corrected chi connectivity index (χ0v) is 29.0. The molecule has 1 fully saturated rings. The lowest BCUT2D eigenvalue weighted by Crippen LogP contribution is -2.48. The Morgan fingerprint density at radius 2 is 1.75 bits per heavy atom.